The molecule has 1 aliphatic rings. The van der Waals surface area contributed by atoms with E-state index in [0.29, 0.717) is 11.5 Å². The van der Waals surface area contributed by atoms with Gasteiger partial charge in [0.05, 0.1) is 13.2 Å². The molecule has 2 N–H and O–H groups in total. The van der Waals surface area contributed by atoms with Gasteiger partial charge < -0.3 is 15.0 Å². The molecule has 2 aromatic carbocycles. The molecule has 3 rings (SSSR count). The maximum atomic E-state index is 12.9. The molecule has 27 heavy (non-hydrogen) atoms. The van der Waals surface area contributed by atoms with E-state index in [4.69, 9.17) is 4.74 Å². The topological polar surface area (TPSA) is 42.8 Å². The van der Waals surface area contributed by atoms with Crippen LogP contribution in [0.15, 0.2) is 48.5 Å². The molecule has 0 unspecified atom stereocenters. The van der Waals surface area contributed by atoms with Crippen LogP contribution in [-0.2, 0) is 4.74 Å². The van der Waals surface area contributed by atoms with Crippen LogP contribution in [0, 0.1) is 6.92 Å². The van der Waals surface area contributed by atoms with Crippen LogP contribution >= 0.6 is 0 Å². The van der Waals surface area contributed by atoms with Crippen molar-refractivity contribution in [2.45, 2.75) is 32.7 Å². The zero-order chi connectivity index (χ0) is 19.2. The van der Waals surface area contributed by atoms with Crippen LogP contribution in [0.25, 0.3) is 0 Å². The number of carbonyl (C=O) groups excluding carboxylic acids is 1. The van der Waals surface area contributed by atoms with E-state index in [2.05, 4.69) is 50.4 Å². The lowest BCUT2D eigenvalue weighted by Gasteiger charge is -2.28. The Morgan fingerprint density at radius 1 is 1.00 bits per heavy atom. The van der Waals surface area contributed by atoms with Gasteiger partial charge in [0.25, 0.3) is 5.91 Å². The summed E-state index contributed by atoms with van der Waals surface area (Å²) in [4.78, 5) is 14.3. The average Bonchev–Trinajstić information content (AvgIpc) is 2.69. The molecule has 0 aromatic heterocycles. The summed E-state index contributed by atoms with van der Waals surface area (Å²) in [6, 6.07) is 16.4. The van der Waals surface area contributed by atoms with Crippen molar-refractivity contribution in [1.29, 1.82) is 0 Å². The molecule has 0 bridgehead atoms. The highest BCUT2D eigenvalue weighted by atomic mass is 16.5. The summed E-state index contributed by atoms with van der Waals surface area (Å²) in [5.74, 6) is 0.455. The largest absolute Gasteiger partial charge is 0.370 e. The Balaban J connectivity index is 1.74. The maximum Gasteiger partial charge on any atom is 0.251 e. The molecule has 1 atom stereocenters. The number of hydrogen-bond acceptors (Lipinski definition) is 2. The normalized spacial score (nSPS) is 16.3. The van der Waals surface area contributed by atoms with Crippen molar-refractivity contribution in [1.82, 2.24) is 5.32 Å². The third kappa shape index (κ3) is 5.41. The molecule has 1 amide bonds. The van der Waals surface area contributed by atoms with Crippen molar-refractivity contribution in [3.8, 4) is 0 Å². The SMILES string of the molecule is Cc1ccc([C@H](C[NH+]2CCOCC2)NC(=O)c2ccc(C(C)C)cc2)cc1. The second-order valence-corrected chi connectivity index (χ2v) is 7.78. The van der Waals surface area contributed by atoms with E-state index in [1.807, 2.05) is 24.3 Å². The summed E-state index contributed by atoms with van der Waals surface area (Å²) >= 11 is 0. The standard InChI is InChI=1S/C23H30N2O2/c1-17(2)19-8-10-21(11-9-19)23(26)24-22(16-25-12-14-27-15-13-25)20-6-4-18(3)5-7-20/h4-11,17,22H,12-16H2,1-3H3,(H,24,26)/p+1/t22-/m0/s1. The Morgan fingerprint density at radius 2 is 1.59 bits per heavy atom. The van der Waals surface area contributed by atoms with Crippen LogP contribution in [0.4, 0.5) is 0 Å². The summed E-state index contributed by atoms with van der Waals surface area (Å²) in [6.45, 7) is 10.8. The molecule has 2 aromatic rings. The van der Waals surface area contributed by atoms with Crippen molar-refractivity contribution in [2.24, 2.45) is 0 Å². The Morgan fingerprint density at radius 3 is 2.19 bits per heavy atom. The molecule has 0 radical (unpaired) electrons. The monoisotopic (exact) mass is 367 g/mol. The number of quaternary nitrogens is 1. The van der Waals surface area contributed by atoms with Crippen molar-refractivity contribution >= 4 is 5.91 Å². The van der Waals surface area contributed by atoms with Crippen molar-refractivity contribution in [2.75, 3.05) is 32.8 Å². The summed E-state index contributed by atoms with van der Waals surface area (Å²) in [6.07, 6.45) is 0. The molecule has 0 spiro atoms. The number of ether oxygens (including phenoxy) is 1. The number of hydrogen-bond donors (Lipinski definition) is 2. The summed E-state index contributed by atoms with van der Waals surface area (Å²) < 4.78 is 5.48. The van der Waals surface area contributed by atoms with Gasteiger partial charge in [-0.3, -0.25) is 4.79 Å². The number of morpholine rings is 1. The first-order chi connectivity index (χ1) is 13.0. The Labute approximate surface area is 162 Å². The summed E-state index contributed by atoms with van der Waals surface area (Å²) in [5, 5.41) is 3.26. The van der Waals surface area contributed by atoms with E-state index >= 15 is 0 Å². The van der Waals surface area contributed by atoms with Crippen molar-refractivity contribution < 1.29 is 14.4 Å². The van der Waals surface area contributed by atoms with Gasteiger partial charge in [-0.15, -0.1) is 0 Å². The third-order valence-electron chi connectivity index (χ3n) is 5.32. The van der Waals surface area contributed by atoms with Crippen molar-refractivity contribution in [3.63, 3.8) is 0 Å². The van der Waals surface area contributed by atoms with Gasteiger partial charge in [-0.1, -0.05) is 55.8 Å². The van der Waals surface area contributed by atoms with Gasteiger partial charge in [-0.2, -0.15) is 0 Å². The highest BCUT2D eigenvalue weighted by Crippen LogP contribution is 2.17. The lowest BCUT2D eigenvalue weighted by molar-refractivity contribution is -0.909. The lowest BCUT2D eigenvalue weighted by atomic mass is 10.0. The highest BCUT2D eigenvalue weighted by molar-refractivity contribution is 5.94. The van der Waals surface area contributed by atoms with Crippen molar-refractivity contribution in [3.05, 3.63) is 70.8 Å². The molecule has 1 fully saturated rings. The minimum absolute atomic E-state index is 0.00373. The minimum Gasteiger partial charge on any atom is -0.370 e. The number of carbonyl (C=O) groups is 1. The molecular formula is C23H31N2O2+. The average molecular weight is 368 g/mol. The zero-order valence-corrected chi connectivity index (χ0v) is 16.6. The van der Waals surface area contributed by atoms with E-state index in [-0.39, 0.29) is 11.9 Å². The van der Waals surface area contributed by atoms with Crippen LogP contribution in [0.5, 0.6) is 0 Å². The minimum atomic E-state index is -0.0106. The van der Waals surface area contributed by atoms with Gasteiger partial charge in [-0.25, -0.2) is 0 Å². The Kier molecular flexibility index (Phi) is 6.64. The first-order valence-corrected chi connectivity index (χ1v) is 9.91. The lowest BCUT2D eigenvalue weighted by Crippen LogP contribution is -3.14. The number of aryl methyl sites for hydroxylation is 1. The second kappa shape index (κ2) is 9.16. The fraction of sp³-hybridized carbons (Fsp3) is 0.435. The smallest absolute Gasteiger partial charge is 0.251 e. The van der Waals surface area contributed by atoms with Gasteiger partial charge >= 0.3 is 0 Å². The maximum absolute atomic E-state index is 12.9. The number of nitrogens with one attached hydrogen (secondary N) is 2. The molecule has 1 saturated heterocycles. The first kappa shape index (κ1) is 19.6. The molecule has 0 aliphatic carbocycles. The quantitative estimate of drug-likeness (QED) is 0.824. The molecule has 1 aliphatic heterocycles. The predicted molar refractivity (Wildman–Crippen MR) is 108 cm³/mol. The Hall–Kier alpha value is -2.17. The fourth-order valence-corrected chi connectivity index (χ4v) is 3.46. The van der Waals surface area contributed by atoms with Gasteiger partial charge in [-0.05, 0) is 36.1 Å². The molecule has 4 nitrogen and oxygen atoms in total. The summed E-state index contributed by atoms with van der Waals surface area (Å²) in [5.41, 5.74) is 4.35. The molecular weight excluding hydrogens is 336 g/mol. The van der Waals surface area contributed by atoms with E-state index in [1.165, 1.54) is 16.0 Å². The van der Waals surface area contributed by atoms with E-state index in [9.17, 15) is 4.79 Å². The predicted octanol–water partition coefficient (Wildman–Crippen LogP) is 2.50. The number of amides is 1. The molecule has 1 heterocycles. The van der Waals surface area contributed by atoms with Gasteiger partial charge in [0.2, 0.25) is 0 Å². The van der Waals surface area contributed by atoms with Crippen LogP contribution < -0.4 is 10.2 Å². The van der Waals surface area contributed by atoms with Crippen LogP contribution in [-0.4, -0.2) is 38.8 Å². The third-order valence-corrected chi connectivity index (χ3v) is 5.32. The second-order valence-electron chi connectivity index (χ2n) is 7.78. The van der Waals surface area contributed by atoms with Gasteiger partial charge in [0.1, 0.15) is 25.7 Å². The zero-order valence-electron chi connectivity index (χ0n) is 16.6. The highest BCUT2D eigenvalue weighted by Gasteiger charge is 2.23. The van der Waals surface area contributed by atoms with E-state index in [0.717, 1.165) is 38.4 Å². The van der Waals surface area contributed by atoms with Crippen LogP contribution in [0.3, 0.4) is 0 Å². The number of benzene rings is 2. The fourth-order valence-electron chi connectivity index (χ4n) is 3.46. The van der Waals surface area contributed by atoms with E-state index < -0.39 is 0 Å². The van der Waals surface area contributed by atoms with Gasteiger partial charge in [0.15, 0.2) is 0 Å². The molecule has 144 valence electrons. The Bertz CT molecular complexity index is 732. The number of rotatable bonds is 6. The molecule has 0 saturated carbocycles. The van der Waals surface area contributed by atoms with Crippen LogP contribution in [0.1, 0.15) is 52.9 Å². The summed E-state index contributed by atoms with van der Waals surface area (Å²) in [7, 11) is 0. The first-order valence-electron chi connectivity index (χ1n) is 9.91. The van der Waals surface area contributed by atoms with Crippen LogP contribution in [0.2, 0.25) is 0 Å². The molecule has 4 heteroatoms. The van der Waals surface area contributed by atoms with E-state index in [1.54, 1.807) is 0 Å². The van der Waals surface area contributed by atoms with Gasteiger partial charge in [0, 0.05) is 5.56 Å².